The first kappa shape index (κ1) is 18.1. The molecule has 9 nitrogen and oxygen atoms in total. The van der Waals surface area contributed by atoms with Crippen molar-refractivity contribution in [1.82, 2.24) is 14.3 Å². The van der Waals surface area contributed by atoms with Crippen LogP contribution in [-0.4, -0.2) is 51.3 Å². The topological polar surface area (TPSA) is 101 Å². The number of hydrogen-bond donors (Lipinski definition) is 0. The van der Waals surface area contributed by atoms with E-state index in [1.165, 1.54) is 21.9 Å². The van der Waals surface area contributed by atoms with Gasteiger partial charge in [-0.25, -0.2) is 4.98 Å². The molecule has 0 spiro atoms. The number of nitrogens with zero attached hydrogens (tertiary/aromatic N) is 5. The van der Waals surface area contributed by atoms with E-state index < -0.39 is 16.2 Å². The van der Waals surface area contributed by atoms with E-state index >= 15 is 0 Å². The molecule has 3 aromatic heterocycles. The van der Waals surface area contributed by atoms with Crippen LogP contribution in [0, 0.1) is 10.1 Å². The van der Waals surface area contributed by atoms with Gasteiger partial charge in [-0.3, -0.25) is 24.1 Å². The number of anilines is 1. The molecule has 0 atom stereocenters. The molecule has 0 bridgehead atoms. The molecule has 4 rings (SSSR count). The molecule has 10 heteroatoms. The zero-order valence-electron chi connectivity index (χ0n) is 14.9. The van der Waals surface area contributed by atoms with Crippen LogP contribution in [0.3, 0.4) is 0 Å². The number of carbonyl (C=O) groups excluding carboxylic acids is 1. The number of rotatable bonds is 3. The highest BCUT2D eigenvalue weighted by Gasteiger charge is 2.29. The first-order valence-corrected chi connectivity index (χ1v) is 9.73. The molecule has 3 aromatic rings. The molecule has 0 saturated carbocycles. The molecule has 28 heavy (non-hydrogen) atoms. The Kier molecular flexibility index (Phi) is 4.78. The Hall–Kier alpha value is -3.27. The first-order valence-electron chi connectivity index (χ1n) is 8.78. The van der Waals surface area contributed by atoms with Crippen LogP contribution in [-0.2, 0) is 0 Å². The van der Waals surface area contributed by atoms with E-state index in [4.69, 9.17) is 0 Å². The van der Waals surface area contributed by atoms with Crippen molar-refractivity contribution < 1.29 is 9.72 Å². The largest absolute Gasteiger partial charge is 0.376 e. The van der Waals surface area contributed by atoms with Gasteiger partial charge in [-0.05, 0) is 30.0 Å². The fraction of sp³-hybridized carbons (Fsp3) is 0.278. The summed E-state index contributed by atoms with van der Waals surface area (Å²) in [7, 11) is 0. The Morgan fingerprint density at radius 2 is 2.04 bits per heavy atom. The maximum absolute atomic E-state index is 12.6. The maximum Gasteiger partial charge on any atom is 0.376 e. The number of amides is 1. The van der Waals surface area contributed by atoms with E-state index in [9.17, 15) is 19.7 Å². The second kappa shape index (κ2) is 7.39. The average Bonchev–Trinajstić information content (AvgIpc) is 3.11. The van der Waals surface area contributed by atoms with Crippen molar-refractivity contribution in [3.63, 3.8) is 0 Å². The van der Waals surface area contributed by atoms with Gasteiger partial charge in [0, 0.05) is 37.8 Å². The number of carbonyl (C=O) groups is 1. The standard InChI is InChI=1S/C18H17N5O4S/c24-17(13-5-11-28-12-13)21-7-3-6-20(9-10-21)16-15(23(26)27)18(25)22-8-2-1-4-14(22)19-16/h1-2,4-5,8,11-12H,3,6-7,9-10H2. The highest BCUT2D eigenvalue weighted by Crippen LogP contribution is 2.24. The number of aromatic nitrogens is 2. The third-order valence-electron chi connectivity index (χ3n) is 4.73. The lowest BCUT2D eigenvalue weighted by atomic mass is 10.3. The zero-order chi connectivity index (χ0) is 19.7. The van der Waals surface area contributed by atoms with Crippen molar-refractivity contribution in [2.75, 3.05) is 31.1 Å². The SMILES string of the molecule is O=C(c1ccsc1)N1CCCN(c2nc3ccccn3c(=O)c2[N+](=O)[O-])CC1. The van der Waals surface area contributed by atoms with Gasteiger partial charge in [-0.2, -0.15) is 11.3 Å². The van der Waals surface area contributed by atoms with E-state index in [-0.39, 0.29) is 11.7 Å². The average molecular weight is 399 g/mol. The molecule has 1 fully saturated rings. The van der Waals surface area contributed by atoms with Crippen molar-refractivity contribution in [3.05, 3.63) is 67.3 Å². The summed E-state index contributed by atoms with van der Waals surface area (Å²) < 4.78 is 1.17. The normalized spacial score (nSPS) is 14.9. The van der Waals surface area contributed by atoms with E-state index in [0.717, 1.165) is 0 Å². The monoisotopic (exact) mass is 399 g/mol. The van der Waals surface area contributed by atoms with Gasteiger partial charge in [0.25, 0.3) is 5.91 Å². The number of nitro groups is 1. The van der Waals surface area contributed by atoms with Crippen LogP contribution in [0.2, 0.25) is 0 Å². The molecule has 1 amide bonds. The lowest BCUT2D eigenvalue weighted by Crippen LogP contribution is -2.36. The molecule has 0 unspecified atom stereocenters. The molecule has 144 valence electrons. The number of thiophene rings is 1. The quantitative estimate of drug-likeness (QED) is 0.493. The van der Waals surface area contributed by atoms with Crippen LogP contribution in [0.15, 0.2) is 46.0 Å². The Bertz CT molecular complexity index is 1100. The first-order chi connectivity index (χ1) is 13.6. The molecule has 0 radical (unpaired) electrons. The second-order valence-electron chi connectivity index (χ2n) is 6.42. The summed E-state index contributed by atoms with van der Waals surface area (Å²) in [6, 6.07) is 6.77. The van der Waals surface area contributed by atoms with Crippen LogP contribution >= 0.6 is 11.3 Å². The van der Waals surface area contributed by atoms with Crippen molar-refractivity contribution in [2.24, 2.45) is 0 Å². The minimum absolute atomic E-state index is 0.0517. The second-order valence-corrected chi connectivity index (χ2v) is 7.20. The Balaban J connectivity index is 1.67. The van der Waals surface area contributed by atoms with Crippen LogP contribution in [0.4, 0.5) is 11.5 Å². The maximum atomic E-state index is 12.6. The van der Waals surface area contributed by atoms with Gasteiger partial charge < -0.3 is 9.80 Å². The van der Waals surface area contributed by atoms with Crippen LogP contribution in [0.25, 0.3) is 5.65 Å². The van der Waals surface area contributed by atoms with Crippen molar-refractivity contribution in [1.29, 1.82) is 0 Å². The molecule has 0 N–H and O–H groups in total. The summed E-state index contributed by atoms with van der Waals surface area (Å²) in [6.45, 7) is 1.79. The smallest absolute Gasteiger partial charge is 0.349 e. The van der Waals surface area contributed by atoms with Crippen LogP contribution in [0.1, 0.15) is 16.8 Å². The van der Waals surface area contributed by atoms with Crippen molar-refractivity contribution >= 4 is 34.4 Å². The Morgan fingerprint density at radius 1 is 1.18 bits per heavy atom. The van der Waals surface area contributed by atoms with Gasteiger partial charge in [0.15, 0.2) is 0 Å². The minimum Gasteiger partial charge on any atom is -0.349 e. The molecule has 1 aliphatic rings. The summed E-state index contributed by atoms with van der Waals surface area (Å²) >= 11 is 1.46. The lowest BCUT2D eigenvalue weighted by Gasteiger charge is -2.22. The summed E-state index contributed by atoms with van der Waals surface area (Å²) in [5.74, 6) is 0.00942. The predicted octanol–water partition coefficient (Wildman–Crippen LogP) is 2.02. The lowest BCUT2D eigenvalue weighted by molar-refractivity contribution is -0.385. The molecule has 1 saturated heterocycles. The molecular formula is C18H17N5O4S. The fourth-order valence-electron chi connectivity index (χ4n) is 3.35. The summed E-state index contributed by atoms with van der Waals surface area (Å²) in [5.41, 5.74) is -0.252. The Labute approximate surface area is 163 Å². The zero-order valence-corrected chi connectivity index (χ0v) is 15.7. The Morgan fingerprint density at radius 3 is 2.79 bits per heavy atom. The highest BCUT2D eigenvalue weighted by molar-refractivity contribution is 7.08. The molecule has 0 aromatic carbocycles. The van der Waals surface area contributed by atoms with Crippen LogP contribution < -0.4 is 10.5 Å². The van der Waals surface area contributed by atoms with Crippen molar-refractivity contribution in [3.8, 4) is 0 Å². The minimum atomic E-state index is -0.707. The van der Waals surface area contributed by atoms with Gasteiger partial charge in [-0.15, -0.1) is 0 Å². The van der Waals surface area contributed by atoms with Crippen LogP contribution in [0.5, 0.6) is 0 Å². The van der Waals surface area contributed by atoms with Gasteiger partial charge in [0.2, 0.25) is 5.82 Å². The third kappa shape index (κ3) is 3.22. The van der Waals surface area contributed by atoms with E-state index in [2.05, 4.69) is 4.98 Å². The van der Waals surface area contributed by atoms with Gasteiger partial charge in [-0.1, -0.05) is 6.07 Å². The summed E-state index contributed by atoms with van der Waals surface area (Å²) in [4.78, 5) is 44.0. The van der Waals surface area contributed by atoms with Gasteiger partial charge in [0.05, 0.1) is 10.5 Å². The van der Waals surface area contributed by atoms with E-state index in [1.807, 2.05) is 10.8 Å². The molecular weight excluding hydrogens is 382 g/mol. The highest BCUT2D eigenvalue weighted by atomic mass is 32.1. The fourth-order valence-corrected chi connectivity index (χ4v) is 3.98. The number of pyridine rings is 1. The van der Waals surface area contributed by atoms with Gasteiger partial charge >= 0.3 is 11.2 Å². The van der Waals surface area contributed by atoms with E-state index in [1.54, 1.807) is 34.1 Å². The van der Waals surface area contributed by atoms with Crippen molar-refractivity contribution in [2.45, 2.75) is 6.42 Å². The predicted molar refractivity (Wildman–Crippen MR) is 105 cm³/mol. The third-order valence-corrected chi connectivity index (χ3v) is 5.41. The number of fused-ring (bicyclic) bond motifs is 1. The molecule has 1 aliphatic heterocycles. The van der Waals surface area contributed by atoms with Gasteiger partial charge in [0.1, 0.15) is 5.65 Å². The van der Waals surface area contributed by atoms with E-state index in [0.29, 0.717) is 43.8 Å². The molecule has 4 heterocycles. The number of hydrogen-bond acceptors (Lipinski definition) is 7. The summed E-state index contributed by atoms with van der Waals surface area (Å²) in [5, 5.41) is 15.3. The molecule has 0 aliphatic carbocycles. The summed E-state index contributed by atoms with van der Waals surface area (Å²) in [6.07, 6.45) is 2.09.